The van der Waals surface area contributed by atoms with Gasteiger partial charge in [0, 0.05) is 5.56 Å². The normalized spacial score (nSPS) is 12.2. The van der Waals surface area contributed by atoms with Crippen LogP contribution in [0, 0.1) is 18.6 Å². The molecule has 0 aliphatic carbocycles. The predicted octanol–water partition coefficient (Wildman–Crippen LogP) is 2.83. The lowest BCUT2D eigenvalue weighted by atomic mass is 9.97. The second-order valence-electron chi connectivity index (χ2n) is 4.52. The van der Waals surface area contributed by atoms with Crippen LogP contribution in [-0.4, -0.2) is 7.11 Å². The molecule has 0 spiro atoms. The van der Waals surface area contributed by atoms with Gasteiger partial charge >= 0.3 is 0 Å². The van der Waals surface area contributed by atoms with Gasteiger partial charge in [-0.15, -0.1) is 0 Å². The van der Waals surface area contributed by atoms with Gasteiger partial charge in [0.25, 0.3) is 0 Å². The van der Waals surface area contributed by atoms with Crippen molar-refractivity contribution in [3.63, 3.8) is 0 Å². The van der Waals surface area contributed by atoms with Gasteiger partial charge in [-0.2, -0.15) is 0 Å². The summed E-state index contributed by atoms with van der Waals surface area (Å²) in [6.07, 6.45) is 0. The van der Waals surface area contributed by atoms with Crippen molar-refractivity contribution in [3.05, 3.63) is 64.7 Å². The summed E-state index contributed by atoms with van der Waals surface area (Å²) < 4.78 is 32.6. The third-order valence-electron chi connectivity index (χ3n) is 3.14. The van der Waals surface area contributed by atoms with E-state index < -0.39 is 11.9 Å². The SMILES string of the molecule is COc1ccc(C(NN)c2ccc(C)cc2F)cc1F. The first-order chi connectivity index (χ1) is 9.56. The number of aryl methyl sites for hydroxylation is 1. The van der Waals surface area contributed by atoms with Crippen LogP contribution in [0.5, 0.6) is 5.75 Å². The van der Waals surface area contributed by atoms with E-state index in [1.54, 1.807) is 25.1 Å². The fourth-order valence-corrected chi connectivity index (χ4v) is 2.09. The van der Waals surface area contributed by atoms with E-state index in [0.717, 1.165) is 5.56 Å². The molecule has 0 aromatic heterocycles. The molecule has 0 heterocycles. The standard InChI is InChI=1S/C15H16F2N2O/c1-9-3-5-11(12(16)7-9)15(19-18)10-4-6-14(20-2)13(17)8-10/h3-8,15,19H,18H2,1-2H3. The summed E-state index contributed by atoms with van der Waals surface area (Å²) in [4.78, 5) is 0. The first-order valence-electron chi connectivity index (χ1n) is 6.12. The maximum atomic E-state index is 14.0. The molecule has 0 aliphatic heterocycles. The average Bonchev–Trinajstić information content (AvgIpc) is 2.42. The Morgan fingerprint density at radius 1 is 1.10 bits per heavy atom. The molecule has 3 N–H and O–H groups in total. The van der Waals surface area contributed by atoms with Gasteiger partial charge in [-0.3, -0.25) is 5.84 Å². The van der Waals surface area contributed by atoms with E-state index in [1.165, 1.54) is 25.3 Å². The zero-order valence-corrected chi connectivity index (χ0v) is 11.3. The third kappa shape index (κ3) is 2.79. The Kier molecular flexibility index (Phi) is 4.32. The molecular weight excluding hydrogens is 262 g/mol. The maximum absolute atomic E-state index is 14.0. The van der Waals surface area contributed by atoms with Crippen molar-refractivity contribution in [1.29, 1.82) is 0 Å². The largest absolute Gasteiger partial charge is 0.494 e. The van der Waals surface area contributed by atoms with Gasteiger partial charge in [-0.1, -0.05) is 18.2 Å². The molecule has 2 aromatic carbocycles. The fraction of sp³-hybridized carbons (Fsp3) is 0.200. The van der Waals surface area contributed by atoms with Crippen LogP contribution in [0.15, 0.2) is 36.4 Å². The van der Waals surface area contributed by atoms with E-state index in [2.05, 4.69) is 5.43 Å². The highest BCUT2D eigenvalue weighted by Gasteiger charge is 2.18. The number of hydrogen-bond donors (Lipinski definition) is 2. The first kappa shape index (κ1) is 14.4. The summed E-state index contributed by atoms with van der Waals surface area (Å²) >= 11 is 0. The van der Waals surface area contributed by atoms with Crippen molar-refractivity contribution in [2.24, 2.45) is 5.84 Å². The molecule has 2 rings (SSSR count). The predicted molar refractivity (Wildman–Crippen MR) is 73.3 cm³/mol. The molecule has 0 bridgehead atoms. The molecule has 0 radical (unpaired) electrons. The molecule has 2 aromatic rings. The monoisotopic (exact) mass is 278 g/mol. The molecule has 0 saturated carbocycles. The fourth-order valence-electron chi connectivity index (χ4n) is 2.09. The molecule has 5 heteroatoms. The molecule has 3 nitrogen and oxygen atoms in total. The number of halogens is 2. The lowest BCUT2D eigenvalue weighted by molar-refractivity contribution is 0.385. The Morgan fingerprint density at radius 3 is 2.40 bits per heavy atom. The molecule has 0 saturated heterocycles. The Balaban J connectivity index is 2.44. The van der Waals surface area contributed by atoms with Gasteiger partial charge < -0.3 is 4.74 Å². The van der Waals surface area contributed by atoms with E-state index >= 15 is 0 Å². The second-order valence-corrected chi connectivity index (χ2v) is 4.52. The van der Waals surface area contributed by atoms with Crippen LogP contribution < -0.4 is 16.0 Å². The molecule has 106 valence electrons. The Morgan fingerprint density at radius 2 is 1.85 bits per heavy atom. The smallest absolute Gasteiger partial charge is 0.165 e. The number of benzene rings is 2. The summed E-state index contributed by atoms with van der Waals surface area (Å²) in [5.41, 5.74) is 4.21. The zero-order chi connectivity index (χ0) is 14.7. The number of hydrazine groups is 1. The average molecular weight is 278 g/mol. The topological polar surface area (TPSA) is 47.3 Å². The minimum Gasteiger partial charge on any atom is -0.494 e. The van der Waals surface area contributed by atoms with Crippen LogP contribution in [0.3, 0.4) is 0 Å². The lowest BCUT2D eigenvalue weighted by Crippen LogP contribution is -2.29. The summed E-state index contributed by atoms with van der Waals surface area (Å²) in [6, 6.07) is 8.62. The third-order valence-corrected chi connectivity index (χ3v) is 3.14. The van der Waals surface area contributed by atoms with E-state index in [9.17, 15) is 8.78 Å². The molecule has 0 fully saturated rings. The highest BCUT2D eigenvalue weighted by molar-refractivity contribution is 5.37. The highest BCUT2D eigenvalue weighted by atomic mass is 19.1. The van der Waals surface area contributed by atoms with Crippen LogP contribution in [0.4, 0.5) is 8.78 Å². The van der Waals surface area contributed by atoms with Gasteiger partial charge in [0.05, 0.1) is 13.2 Å². The zero-order valence-electron chi connectivity index (χ0n) is 11.3. The van der Waals surface area contributed by atoms with Gasteiger partial charge in [0.15, 0.2) is 11.6 Å². The van der Waals surface area contributed by atoms with Crippen molar-refractivity contribution in [3.8, 4) is 5.75 Å². The number of nitrogens with two attached hydrogens (primary N) is 1. The molecule has 0 amide bonds. The molecular formula is C15H16F2N2O. The Hall–Kier alpha value is -1.98. The van der Waals surface area contributed by atoms with Crippen LogP contribution in [0.2, 0.25) is 0 Å². The van der Waals surface area contributed by atoms with E-state index in [1.807, 2.05) is 0 Å². The van der Waals surface area contributed by atoms with Gasteiger partial charge in [0.2, 0.25) is 0 Å². The van der Waals surface area contributed by atoms with Crippen molar-refractivity contribution >= 4 is 0 Å². The molecule has 20 heavy (non-hydrogen) atoms. The number of hydrogen-bond acceptors (Lipinski definition) is 3. The minimum absolute atomic E-state index is 0.133. The van der Waals surface area contributed by atoms with E-state index in [0.29, 0.717) is 11.1 Å². The molecule has 1 unspecified atom stereocenters. The highest BCUT2D eigenvalue weighted by Crippen LogP contribution is 2.27. The quantitative estimate of drug-likeness (QED) is 0.668. The number of ether oxygens (including phenoxy) is 1. The Bertz CT molecular complexity index is 617. The van der Waals surface area contributed by atoms with Crippen molar-refractivity contribution in [1.82, 2.24) is 5.43 Å². The maximum Gasteiger partial charge on any atom is 0.165 e. The summed E-state index contributed by atoms with van der Waals surface area (Å²) in [5, 5.41) is 0. The van der Waals surface area contributed by atoms with Crippen LogP contribution in [-0.2, 0) is 0 Å². The van der Waals surface area contributed by atoms with Crippen LogP contribution in [0.1, 0.15) is 22.7 Å². The van der Waals surface area contributed by atoms with Gasteiger partial charge in [0.1, 0.15) is 5.82 Å². The number of rotatable bonds is 4. The number of methoxy groups -OCH3 is 1. The van der Waals surface area contributed by atoms with Crippen molar-refractivity contribution in [2.75, 3.05) is 7.11 Å². The summed E-state index contributed by atoms with van der Waals surface area (Å²) in [5.74, 6) is 4.73. The number of nitrogens with one attached hydrogen (secondary N) is 1. The van der Waals surface area contributed by atoms with E-state index in [4.69, 9.17) is 10.6 Å². The van der Waals surface area contributed by atoms with Crippen molar-refractivity contribution < 1.29 is 13.5 Å². The lowest BCUT2D eigenvalue weighted by Gasteiger charge is -2.18. The van der Waals surface area contributed by atoms with Crippen LogP contribution >= 0.6 is 0 Å². The Labute approximate surface area is 116 Å². The van der Waals surface area contributed by atoms with E-state index in [-0.39, 0.29) is 11.6 Å². The summed E-state index contributed by atoms with van der Waals surface area (Å²) in [7, 11) is 1.39. The van der Waals surface area contributed by atoms with Gasteiger partial charge in [-0.25, -0.2) is 14.2 Å². The molecule has 1 atom stereocenters. The summed E-state index contributed by atoms with van der Waals surface area (Å²) in [6.45, 7) is 1.80. The molecule has 0 aliphatic rings. The minimum atomic E-state index is -0.629. The second kappa shape index (κ2) is 5.98. The first-order valence-corrected chi connectivity index (χ1v) is 6.12. The van der Waals surface area contributed by atoms with Crippen LogP contribution in [0.25, 0.3) is 0 Å². The van der Waals surface area contributed by atoms with Crippen molar-refractivity contribution in [2.45, 2.75) is 13.0 Å². The van der Waals surface area contributed by atoms with Gasteiger partial charge in [-0.05, 0) is 36.2 Å².